The summed E-state index contributed by atoms with van der Waals surface area (Å²) in [5, 5.41) is 4.47. The molecule has 2 heterocycles. The summed E-state index contributed by atoms with van der Waals surface area (Å²) in [4.78, 5) is 2.76. The van der Waals surface area contributed by atoms with Gasteiger partial charge in [-0.2, -0.15) is 0 Å². The minimum atomic E-state index is 1.20. The van der Waals surface area contributed by atoms with Crippen LogP contribution in [0, 0.1) is 0 Å². The lowest BCUT2D eigenvalue weighted by molar-refractivity contribution is 0.608. The molecule has 0 saturated carbocycles. The van der Waals surface area contributed by atoms with Crippen LogP contribution in [0.15, 0.2) is 53.2 Å². The van der Waals surface area contributed by atoms with Gasteiger partial charge in [-0.05, 0) is 52.4 Å². The summed E-state index contributed by atoms with van der Waals surface area (Å²) in [5.41, 5.74) is 4.30. The monoisotopic (exact) mass is 354 g/mol. The van der Waals surface area contributed by atoms with Crippen LogP contribution in [0.25, 0.3) is 20.9 Å². The van der Waals surface area contributed by atoms with Crippen LogP contribution in [-0.2, 0) is 6.42 Å². The van der Waals surface area contributed by atoms with Gasteiger partial charge in [0.15, 0.2) is 0 Å². The van der Waals surface area contributed by atoms with Crippen LogP contribution in [0.1, 0.15) is 51.0 Å². The van der Waals surface area contributed by atoms with Gasteiger partial charge in [-0.25, -0.2) is 0 Å². The van der Waals surface area contributed by atoms with Crippen LogP contribution in [0.5, 0.6) is 0 Å². The van der Waals surface area contributed by atoms with Gasteiger partial charge < -0.3 is 0 Å². The van der Waals surface area contributed by atoms with Crippen molar-refractivity contribution in [3.8, 4) is 20.9 Å². The second-order valence-electron chi connectivity index (χ2n) is 6.35. The van der Waals surface area contributed by atoms with Crippen molar-refractivity contribution in [1.82, 2.24) is 0 Å². The van der Waals surface area contributed by atoms with Crippen LogP contribution in [0.4, 0.5) is 0 Å². The van der Waals surface area contributed by atoms with E-state index >= 15 is 0 Å². The molecule has 24 heavy (non-hydrogen) atoms. The second kappa shape index (κ2) is 9.19. The van der Waals surface area contributed by atoms with E-state index in [-0.39, 0.29) is 0 Å². The molecule has 0 atom stereocenters. The Morgan fingerprint density at radius 1 is 0.792 bits per heavy atom. The van der Waals surface area contributed by atoms with Gasteiger partial charge in [-0.15, -0.1) is 22.7 Å². The first-order valence-corrected chi connectivity index (χ1v) is 10.8. The van der Waals surface area contributed by atoms with E-state index in [1.807, 2.05) is 22.7 Å². The summed E-state index contributed by atoms with van der Waals surface area (Å²) in [6, 6.07) is 15.6. The summed E-state index contributed by atoms with van der Waals surface area (Å²) in [5.74, 6) is 0. The molecule has 0 unspecified atom stereocenters. The Morgan fingerprint density at radius 2 is 1.62 bits per heavy atom. The van der Waals surface area contributed by atoms with Gasteiger partial charge in [-0.1, -0.05) is 69.4 Å². The molecule has 1 aromatic carbocycles. The zero-order chi connectivity index (χ0) is 16.6. The van der Waals surface area contributed by atoms with Crippen LogP contribution < -0.4 is 0 Å². The van der Waals surface area contributed by atoms with E-state index < -0.39 is 0 Å². The van der Waals surface area contributed by atoms with Crippen molar-refractivity contribution in [2.24, 2.45) is 0 Å². The van der Waals surface area contributed by atoms with Gasteiger partial charge in [-0.3, -0.25) is 0 Å². The maximum Gasteiger partial charge on any atom is 0.0448 e. The minimum Gasteiger partial charge on any atom is -0.143 e. The fraction of sp³-hybridized carbons (Fsp3) is 0.364. The molecular formula is C22H26S2. The van der Waals surface area contributed by atoms with E-state index in [0.717, 1.165) is 0 Å². The largest absolute Gasteiger partial charge is 0.143 e. The molecule has 0 bridgehead atoms. The molecule has 126 valence electrons. The highest BCUT2D eigenvalue weighted by molar-refractivity contribution is 7.20. The topological polar surface area (TPSA) is 0 Å². The van der Waals surface area contributed by atoms with Gasteiger partial charge in [0.2, 0.25) is 0 Å². The number of rotatable bonds is 9. The predicted molar refractivity (Wildman–Crippen MR) is 110 cm³/mol. The molecule has 0 aliphatic carbocycles. The summed E-state index contributed by atoms with van der Waals surface area (Å²) in [6.07, 6.45) is 9.36. The molecule has 0 radical (unpaired) electrons. The fourth-order valence-corrected chi connectivity index (χ4v) is 4.89. The number of benzene rings is 1. The first-order valence-electron chi connectivity index (χ1n) is 9.09. The van der Waals surface area contributed by atoms with Gasteiger partial charge in [0.1, 0.15) is 0 Å². The lowest BCUT2D eigenvalue weighted by atomic mass is 9.97. The third-order valence-electron chi connectivity index (χ3n) is 4.49. The predicted octanol–water partition coefficient (Wildman–Crippen LogP) is 8.05. The van der Waals surface area contributed by atoms with Gasteiger partial charge in [0, 0.05) is 9.75 Å². The molecule has 0 amide bonds. The van der Waals surface area contributed by atoms with E-state index in [2.05, 4.69) is 60.1 Å². The smallest absolute Gasteiger partial charge is 0.0448 e. The van der Waals surface area contributed by atoms with E-state index in [1.54, 1.807) is 0 Å². The van der Waals surface area contributed by atoms with E-state index in [4.69, 9.17) is 0 Å². The van der Waals surface area contributed by atoms with E-state index in [1.165, 1.54) is 71.4 Å². The maximum atomic E-state index is 2.36. The van der Waals surface area contributed by atoms with Crippen molar-refractivity contribution in [3.05, 3.63) is 58.8 Å². The van der Waals surface area contributed by atoms with E-state index in [0.29, 0.717) is 0 Å². The Balaban J connectivity index is 1.66. The normalized spacial score (nSPS) is 11.0. The van der Waals surface area contributed by atoms with Crippen LogP contribution in [-0.4, -0.2) is 0 Å². The molecule has 3 rings (SSSR count). The first kappa shape index (κ1) is 17.4. The molecule has 0 nitrogen and oxygen atoms in total. The van der Waals surface area contributed by atoms with Gasteiger partial charge in [0.25, 0.3) is 0 Å². The maximum absolute atomic E-state index is 2.36. The molecule has 2 aromatic heterocycles. The molecular weight excluding hydrogens is 328 g/mol. The fourth-order valence-electron chi connectivity index (χ4n) is 3.14. The van der Waals surface area contributed by atoms with Gasteiger partial charge >= 0.3 is 0 Å². The standard InChI is InChI=1S/C22H26S2/c1-2-3-4-5-6-7-11-18-12-8-9-13-20(18)19-16-22(24-17-19)21-14-10-15-23-21/h8-10,12-17H,2-7,11H2,1H3. The number of aryl methyl sites for hydroxylation is 1. The molecule has 0 fully saturated rings. The molecule has 0 saturated heterocycles. The number of thiophene rings is 2. The van der Waals surface area contributed by atoms with Crippen LogP contribution >= 0.6 is 22.7 Å². The molecule has 0 N–H and O–H groups in total. The summed E-state index contributed by atoms with van der Waals surface area (Å²) >= 11 is 3.68. The van der Waals surface area contributed by atoms with Crippen molar-refractivity contribution in [2.75, 3.05) is 0 Å². The highest BCUT2D eigenvalue weighted by atomic mass is 32.1. The Labute approximate surface area is 154 Å². The number of hydrogen-bond acceptors (Lipinski definition) is 2. The third-order valence-corrected chi connectivity index (χ3v) is 6.49. The minimum absolute atomic E-state index is 1.20. The molecule has 0 spiro atoms. The quantitative estimate of drug-likeness (QED) is 0.341. The highest BCUT2D eigenvalue weighted by Crippen LogP contribution is 2.36. The summed E-state index contributed by atoms with van der Waals surface area (Å²) in [6.45, 7) is 2.28. The van der Waals surface area contributed by atoms with Crippen molar-refractivity contribution < 1.29 is 0 Å². The molecule has 0 aliphatic rings. The Kier molecular flexibility index (Phi) is 6.68. The lowest BCUT2D eigenvalue weighted by Gasteiger charge is -2.08. The Morgan fingerprint density at radius 3 is 2.46 bits per heavy atom. The van der Waals surface area contributed by atoms with E-state index in [9.17, 15) is 0 Å². The average Bonchev–Trinajstić information content (AvgIpc) is 3.29. The molecule has 3 aromatic rings. The zero-order valence-electron chi connectivity index (χ0n) is 14.5. The van der Waals surface area contributed by atoms with Crippen LogP contribution in [0.2, 0.25) is 0 Å². The Bertz CT molecular complexity index is 722. The van der Waals surface area contributed by atoms with Crippen molar-refractivity contribution in [2.45, 2.75) is 51.9 Å². The lowest BCUT2D eigenvalue weighted by Crippen LogP contribution is -1.90. The van der Waals surface area contributed by atoms with Crippen molar-refractivity contribution in [3.63, 3.8) is 0 Å². The van der Waals surface area contributed by atoms with Crippen LogP contribution in [0.3, 0.4) is 0 Å². The SMILES string of the molecule is CCCCCCCCc1ccccc1-c1csc(-c2cccs2)c1. The average molecular weight is 355 g/mol. The van der Waals surface area contributed by atoms with Gasteiger partial charge in [0.05, 0.1) is 0 Å². The number of unbranched alkanes of at least 4 members (excludes halogenated alkanes) is 5. The Hall–Kier alpha value is -1.38. The summed E-state index contributed by atoms with van der Waals surface area (Å²) < 4.78 is 0. The summed E-state index contributed by atoms with van der Waals surface area (Å²) in [7, 11) is 0. The third kappa shape index (κ3) is 4.58. The van der Waals surface area contributed by atoms with Crippen molar-refractivity contribution >= 4 is 22.7 Å². The zero-order valence-corrected chi connectivity index (χ0v) is 16.1. The highest BCUT2D eigenvalue weighted by Gasteiger charge is 2.09. The number of hydrogen-bond donors (Lipinski definition) is 0. The second-order valence-corrected chi connectivity index (χ2v) is 8.21. The molecule has 0 aliphatic heterocycles. The molecule has 2 heteroatoms. The van der Waals surface area contributed by atoms with Crippen molar-refractivity contribution in [1.29, 1.82) is 0 Å². The first-order chi connectivity index (χ1) is 11.9.